The number of aryl methyl sites for hydroxylation is 1. The van der Waals surface area contributed by atoms with E-state index in [0.29, 0.717) is 22.2 Å². The number of hydrogen-bond donors (Lipinski definition) is 1. The van der Waals surface area contributed by atoms with Gasteiger partial charge in [0.1, 0.15) is 0 Å². The Kier molecular flexibility index (Phi) is 5.05. The van der Waals surface area contributed by atoms with Gasteiger partial charge in [-0.3, -0.25) is 4.79 Å². The van der Waals surface area contributed by atoms with Crippen LogP contribution in [0.2, 0.25) is 10.0 Å². The lowest BCUT2D eigenvalue weighted by Crippen LogP contribution is -2.11. The van der Waals surface area contributed by atoms with Crippen LogP contribution in [-0.4, -0.2) is 10.5 Å². The fourth-order valence-corrected chi connectivity index (χ4v) is 4.23. The van der Waals surface area contributed by atoms with Crippen LogP contribution >= 0.6 is 23.2 Å². The topological polar surface area (TPSA) is 48.0 Å². The van der Waals surface area contributed by atoms with Crippen LogP contribution in [0.4, 0.5) is 0 Å². The first-order valence-corrected chi connectivity index (χ1v) is 10.0. The lowest BCUT2D eigenvalue weighted by molar-refractivity contribution is 0.100. The molecule has 3 aromatic carbocycles. The summed E-state index contributed by atoms with van der Waals surface area (Å²) in [4.78, 5) is 12.1. The van der Waals surface area contributed by atoms with Gasteiger partial charge in [-0.05, 0) is 41.8 Å². The molecule has 0 aliphatic heterocycles. The van der Waals surface area contributed by atoms with Crippen molar-refractivity contribution >= 4 is 50.9 Å². The van der Waals surface area contributed by atoms with E-state index >= 15 is 0 Å². The number of halogens is 2. The fraction of sp³-hybridized carbons (Fsp3) is 0.174. The maximum atomic E-state index is 12.1. The van der Waals surface area contributed by atoms with Gasteiger partial charge in [-0.25, -0.2) is 0 Å². The van der Waals surface area contributed by atoms with Gasteiger partial charge < -0.3 is 10.3 Å². The molecular formula is C23H20Cl2N2O. The van der Waals surface area contributed by atoms with E-state index in [1.165, 1.54) is 5.56 Å². The molecule has 5 heteroatoms. The van der Waals surface area contributed by atoms with E-state index in [-0.39, 0.29) is 0 Å². The minimum atomic E-state index is -0.428. The van der Waals surface area contributed by atoms with Gasteiger partial charge in [0, 0.05) is 28.4 Å². The van der Waals surface area contributed by atoms with Gasteiger partial charge in [0.15, 0.2) is 0 Å². The summed E-state index contributed by atoms with van der Waals surface area (Å²) in [6, 6.07) is 17.7. The van der Waals surface area contributed by atoms with E-state index < -0.39 is 5.91 Å². The number of fused-ring (bicyclic) bond motifs is 3. The molecule has 0 aliphatic rings. The minimum absolute atomic E-state index is 0.428. The molecule has 142 valence electrons. The van der Waals surface area contributed by atoms with Crippen molar-refractivity contribution in [1.82, 2.24) is 4.57 Å². The lowest BCUT2D eigenvalue weighted by Gasteiger charge is -2.11. The zero-order chi connectivity index (χ0) is 19.8. The molecule has 0 aliphatic carbocycles. The number of nitrogens with two attached hydrogens (primary N) is 1. The first kappa shape index (κ1) is 18.9. The van der Waals surface area contributed by atoms with E-state index in [9.17, 15) is 4.79 Å². The van der Waals surface area contributed by atoms with Crippen molar-refractivity contribution in [2.45, 2.75) is 26.3 Å². The Balaban J connectivity index is 2.04. The molecule has 1 aromatic heterocycles. The van der Waals surface area contributed by atoms with Crippen LogP contribution in [0.3, 0.4) is 0 Å². The van der Waals surface area contributed by atoms with E-state index in [1.807, 2.05) is 24.3 Å². The number of aromatic nitrogens is 1. The molecule has 28 heavy (non-hydrogen) atoms. The predicted molar refractivity (Wildman–Crippen MR) is 118 cm³/mol. The van der Waals surface area contributed by atoms with Gasteiger partial charge in [0.2, 0.25) is 5.91 Å². The zero-order valence-corrected chi connectivity index (χ0v) is 17.0. The molecular weight excluding hydrogens is 391 g/mol. The van der Waals surface area contributed by atoms with Crippen molar-refractivity contribution in [2.24, 2.45) is 5.73 Å². The van der Waals surface area contributed by atoms with Crippen molar-refractivity contribution in [3.05, 3.63) is 81.3 Å². The molecule has 4 rings (SSSR count). The second-order valence-electron chi connectivity index (χ2n) is 6.96. The molecule has 0 bridgehead atoms. The second kappa shape index (κ2) is 7.50. The summed E-state index contributed by atoms with van der Waals surface area (Å²) in [7, 11) is 0. The van der Waals surface area contributed by atoms with Crippen LogP contribution in [0.1, 0.15) is 34.8 Å². The van der Waals surface area contributed by atoms with Gasteiger partial charge in [0.25, 0.3) is 0 Å². The van der Waals surface area contributed by atoms with Crippen LogP contribution in [0, 0.1) is 0 Å². The Bertz CT molecular complexity index is 1210. The summed E-state index contributed by atoms with van der Waals surface area (Å²) >= 11 is 12.7. The first-order valence-electron chi connectivity index (χ1n) is 9.27. The van der Waals surface area contributed by atoms with Crippen molar-refractivity contribution in [3.8, 4) is 0 Å². The Hall–Kier alpha value is -2.49. The molecule has 0 saturated carbocycles. The summed E-state index contributed by atoms with van der Waals surface area (Å²) in [5.41, 5.74) is 10.4. The van der Waals surface area contributed by atoms with Gasteiger partial charge in [-0.2, -0.15) is 0 Å². The minimum Gasteiger partial charge on any atom is -0.366 e. The highest BCUT2D eigenvalue weighted by Crippen LogP contribution is 2.34. The van der Waals surface area contributed by atoms with Crippen LogP contribution in [0.5, 0.6) is 0 Å². The van der Waals surface area contributed by atoms with Gasteiger partial charge in [0.05, 0.1) is 15.6 Å². The van der Waals surface area contributed by atoms with E-state index in [0.717, 1.165) is 40.2 Å². The maximum Gasteiger partial charge on any atom is 0.249 e. The molecule has 0 fully saturated rings. The number of primary amides is 1. The smallest absolute Gasteiger partial charge is 0.249 e. The largest absolute Gasteiger partial charge is 0.366 e. The third kappa shape index (κ3) is 3.15. The van der Waals surface area contributed by atoms with Crippen LogP contribution in [-0.2, 0) is 13.0 Å². The highest BCUT2D eigenvalue weighted by atomic mass is 35.5. The summed E-state index contributed by atoms with van der Waals surface area (Å²) in [5, 5.41) is 2.98. The molecule has 0 saturated heterocycles. The normalized spacial score (nSPS) is 11.4. The van der Waals surface area contributed by atoms with E-state index in [2.05, 4.69) is 29.7 Å². The second-order valence-corrected chi connectivity index (χ2v) is 7.75. The number of amides is 1. The molecule has 1 heterocycles. The average Bonchev–Trinajstić information content (AvgIpc) is 2.99. The standard InChI is InChI=1S/C23H20Cl2N2O/c1-2-5-14-10-11-16-20(12-14)27(13-15-6-3-8-18(24)22(15)25)19-9-4-7-17(21(16)19)23(26)28/h3-4,6-12H,2,5,13H2,1H3,(H2,26,28). The molecule has 0 spiro atoms. The van der Waals surface area contributed by atoms with Crippen LogP contribution in [0.15, 0.2) is 54.6 Å². The number of benzene rings is 3. The number of carbonyl (C=O) groups excluding carboxylic acids is 1. The third-order valence-electron chi connectivity index (χ3n) is 5.12. The summed E-state index contributed by atoms with van der Waals surface area (Å²) < 4.78 is 2.19. The van der Waals surface area contributed by atoms with Gasteiger partial charge in [-0.1, -0.05) is 66.9 Å². The molecule has 4 aromatic rings. The molecule has 1 amide bonds. The SMILES string of the molecule is CCCc1ccc2c3c(C(N)=O)cccc3n(Cc3cccc(Cl)c3Cl)c2c1. The number of hydrogen-bond acceptors (Lipinski definition) is 1. The zero-order valence-electron chi connectivity index (χ0n) is 15.5. The lowest BCUT2D eigenvalue weighted by atomic mass is 10.0. The van der Waals surface area contributed by atoms with Gasteiger partial charge >= 0.3 is 0 Å². The third-order valence-corrected chi connectivity index (χ3v) is 5.98. The number of nitrogens with zero attached hydrogens (tertiary/aromatic N) is 1. The molecule has 3 nitrogen and oxygen atoms in total. The number of rotatable bonds is 5. The molecule has 0 radical (unpaired) electrons. The highest BCUT2D eigenvalue weighted by molar-refractivity contribution is 6.42. The number of carbonyl (C=O) groups is 1. The van der Waals surface area contributed by atoms with E-state index in [1.54, 1.807) is 12.1 Å². The van der Waals surface area contributed by atoms with Crippen molar-refractivity contribution in [2.75, 3.05) is 0 Å². The monoisotopic (exact) mass is 410 g/mol. The van der Waals surface area contributed by atoms with Crippen LogP contribution in [0.25, 0.3) is 21.8 Å². The molecule has 0 atom stereocenters. The van der Waals surface area contributed by atoms with Gasteiger partial charge in [-0.15, -0.1) is 0 Å². The first-order chi connectivity index (χ1) is 13.5. The quantitative estimate of drug-likeness (QED) is 0.418. The Morgan fingerprint density at radius 1 is 1.04 bits per heavy atom. The van der Waals surface area contributed by atoms with Crippen molar-refractivity contribution in [1.29, 1.82) is 0 Å². The Labute approximate surface area is 173 Å². The molecule has 2 N–H and O–H groups in total. The van der Waals surface area contributed by atoms with E-state index in [4.69, 9.17) is 28.9 Å². The van der Waals surface area contributed by atoms with Crippen molar-refractivity contribution in [3.63, 3.8) is 0 Å². The highest BCUT2D eigenvalue weighted by Gasteiger charge is 2.17. The fourth-order valence-electron chi connectivity index (χ4n) is 3.85. The Morgan fingerprint density at radius 3 is 2.57 bits per heavy atom. The summed E-state index contributed by atoms with van der Waals surface area (Å²) in [6.45, 7) is 2.72. The summed E-state index contributed by atoms with van der Waals surface area (Å²) in [6.07, 6.45) is 2.07. The predicted octanol–water partition coefficient (Wildman–Crippen LogP) is 6.20. The maximum absolute atomic E-state index is 12.1. The Morgan fingerprint density at radius 2 is 1.82 bits per heavy atom. The van der Waals surface area contributed by atoms with Crippen molar-refractivity contribution < 1.29 is 4.79 Å². The summed E-state index contributed by atoms with van der Waals surface area (Å²) in [5.74, 6) is -0.428. The molecule has 0 unspecified atom stereocenters. The van der Waals surface area contributed by atoms with Crippen LogP contribution < -0.4 is 5.73 Å². The average molecular weight is 411 g/mol.